The Labute approximate surface area is 157 Å². The second kappa shape index (κ2) is 7.61. The zero-order valence-electron chi connectivity index (χ0n) is 15.5. The fourth-order valence-electron chi connectivity index (χ4n) is 2.87. The van der Waals surface area contributed by atoms with Gasteiger partial charge in [0.25, 0.3) is 11.8 Å². The van der Waals surface area contributed by atoms with Crippen LogP contribution in [0.15, 0.2) is 48.5 Å². The molecule has 6 nitrogen and oxygen atoms in total. The number of esters is 1. The van der Waals surface area contributed by atoms with Gasteiger partial charge in [-0.2, -0.15) is 0 Å². The maximum absolute atomic E-state index is 12.5. The van der Waals surface area contributed by atoms with Crippen molar-refractivity contribution < 1.29 is 23.9 Å². The number of carbonyl (C=O) groups is 3. The minimum Gasteiger partial charge on any atom is -0.479 e. The van der Waals surface area contributed by atoms with Crippen molar-refractivity contribution in [2.75, 3.05) is 4.90 Å². The SMILES string of the molecule is CCC(Oc1ccc(N2C(=O)c3ccccc3C2=O)cc1)C(=O)OC(C)C. The second-order valence-corrected chi connectivity index (χ2v) is 6.49. The molecular weight excluding hydrogens is 346 g/mol. The molecule has 0 saturated heterocycles. The summed E-state index contributed by atoms with van der Waals surface area (Å²) in [5.41, 5.74) is 1.24. The molecule has 0 aromatic heterocycles. The Morgan fingerprint density at radius 2 is 1.52 bits per heavy atom. The van der Waals surface area contributed by atoms with Gasteiger partial charge in [-0.15, -0.1) is 0 Å². The minimum atomic E-state index is -0.711. The highest BCUT2D eigenvalue weighted by Crippen LogP contribution is 2.29. The zero-order chi connectivity index (χ0) is 19.6. The fraction of sp³-hybridized carbons (Fsp3) is 0.286. The standard InChI is InChI=1S/C21H21NO5/c1-4-18(21(25)26-13(2)3)27-15-11-9-14(10-12-15)22-19(23)16-7-5-6-8-17(16)20(22)24/h5-13,18H,4H2,1-3H3. The van der Waals surface area contributed by atoms with Crippen LogP contribution in [0, 0.1) is 0 Å². The van der Waals surface area contributed by atoms with Gasteiger partial charge in [-0.25, -0.2) is 9.69 Å². The maximum atomic E-state index is 12.5. The van der Waals surface area contributed by atoms with E-state index in [9.17, 15) is 14.4 Å². The Hall–Kier alpha value is -3.15. The van der Waals surface area contributed by atoms with Crippen LogP contribution < -0.4 is 9.64 Å². The highest BCUT2D eigenvalue weighted by molar-refractivity contribution is 6.34. The smallest absolute Gasteiger partial charge is 0.347 e. The van der Waals surface area contributed by atoms with E-state index in [1.165, 1.54) is 0 Å². The largest absolute Gasteiger partial charge is 0.479 e. The number of hydrogen-bond acceptors (Lipinski definition) is 5. The quantitative estimate of drug-likeness (QED) is 0.576. The first kappa shape index (κ1) is 18.6. The topological polar surface area (TPSA) is 72.9 Å². The monoisotopic (exact) mass is 367 g/mol. The van der Waals surface area contributed by atoms with E-state index in [4.69, 9.17) is 9.47 Å². The predicted molar refractivity (Wildman–Crippen MR) is 100.0 cm³/mol. The maximum Gasteiger partial charge on any atom is 0.347 e. The number of rotatable bonds is 6. The van der Waals surface area contributed by atoms with E-state index in [2.05, 4.69) is 0 Å². The first-order chi connectivity index (χ1) is 12.9. The molecule has 0 saturated carbocycles. The Morgan fingerprint density at radius 1 is 0.963 bits per heavy atom. The second-order valence-electron chi connectivity index (χ2n) is 6.49. The van der Waals surface area contributed by atoms with Gasteiger partial charge in [-0.1, -0.05) is 19.1 Å². The fourth-order valence-corrected chi connectivity index (χ4v) is 2.87. The first-order valence-electron chi connectivity index (χ1n) is 8.87. The van der Waals surface area contributed by atoms with Gasteiger partial charge >= 0.3 is 5.97 Å². The van der Waals surface area contributed by atoms with Crippen LogP contribution in [0.1, 0.15) is 47.9 Å². The third-order valence-corrected chi connectivity index (χ3v) is 4.15. The molecule has 6 heteroatoms. The van der Waals surface area contributed by atoms with E-state index in [1.54, 1.807) is 62.4 Å². The summed E-state index contributed by atoms with van der Waals surface area (Å²) in [6.07, 6.45) is -0.463. The molecule has 0 spiro atoms. The summed E-state index contributed by atoms with van der Waals surface area (Å²) in [4.78, 5) is 38.2. The molecule has 140 valence electrons. The van der Waals surface area contributed by atoms with E-state index >= 15 is 0 Å². The number of nitrogens with zero attached hydrogens (tertiary/aromatic N) is 1. The van der Waals surface area contributed by atoms with Gasteiger partial charge in [-0.05, 0) is 56.7 Å². The molecule has 0 bridgehead atoms. The highest BCUT2D eigenvalue weighted by atomic mass is 16.6. The Morgan fingerprint density at radius 3 is 2.00 bits per heavy atom. The minimum absolute atomic E-state index is 0.216. The van der Waals surface area contributed by atoms with Gasteiger partial charge in [0, 0.05) is 0 Å². The molecule has 0 N–H and O–H groups in total. The Bertz CT molecular complexity index is 837. The molecular formula is C21H21NO5. The Kier molecular flexibility index (Phi) is 5.26. The Balaban J connectivity index is 1.75. The number of fused-ring (bicyclic) bond motifs is 1. The predicted octanol–water partition coefficient (Wildman–Crippen LogP) is 3.60. The van der Waals surface area contributed by atoms with Crippen LogP contribution in [0.25, 0.3) is 0 Å². The van der Waals surface area contributed by atoms with Crippen molar-refractivity contribution in [2.45, 2.75) is 39.4 Å². The average Bonchev–Trinajstić information content (AvgIpc) is 2.91. The molecule has 2 aromatic carbocycles. The summed E-state index contributed by atoms with van der Waals surface area (Å²) >= 11 is 0. The van der Waals surface area contributed by atoms with Crippen LogP contribution in [0.5, 0.6) is 5.75 Å². The lowest BCUT2D eigenvalue weighted by Crippen LogP contribution is -2.31. The van der Waals surface area contributed by atoms with Crippen LogP contribution in [0.4, 0.5) is 5.69 Å². The van der Waals surface area contributed by atoms with Crippen LogP contribution in [0.2, 0.25) is 0 Å². The number of hydrogen-bond donors (Lipinski definition) is 0. The molecule has 1 aliphatic rings. The normalized spacial score (nSPS) is 14.3. The number of benzene rings is 2. The number of ether oxygens (including phenoxy) is 2. The number of amides is 2. The third-order valence-electron chi connectivity index (χ3n) is 4.15. The van der Waals surface area contributed by atoms with E-state index in [0.29, 0.717) is 29.0 Å². The lowest BCUT2D eigenvalue weighted by atomic mass is 10.1. The summed E-state index contributed by atoms with van der Waals surface area (Å²) in [6.45, 7) is 5.39. The summed E-state index contributed by atoms with van der Waals surface area (Å²) < 4.78 is 10.9. The molecule has 1 heterocycles. The third kappa shape index (κ3) is 3.69. The number of carbonyl (C=O) groups excluding carboxylic acids is 3. The highest BCUT2D eigenvalue weighted by Gasteiger charge is 2.36. The summed E-state index contributed by atoms with van der Waals surface area (Å²) in [7, 11) is 0. The van der Waals surface area contributed by atoms with E-state index in [-0.39, 0.29) is 17.9 Å². The average molecular weight is 367 g/mol. The summed E-state index contributed by atoms with van der Waals surface area (Å²) in [6, 6.07) is 13.2. The molecule has 3 rings (SSSR count). The summed E-state index contributed by atoms with van der Waals surface area (Å²) in [5.74, 6) is -0.660. The van der Waals surface area contributed by atoms with Crippen LogP contribution in [0.3, 0.4) is 0 Å². The number of imide groups is 1. The van der Waals surface area contributed by atoms with Crippen molar-refractivity contribution in [3.8, 4) is 5.75 Å². The van der Waals surface area contributed by atoms with Crippen molar-refractivity contribution in [3.63, 3.8) is 0 Å². The summed E-state index contributed by atoms with van der Waals surface area (Å²) in [5, 5.41) is 0. The molecule has 27 heavy (non-hydrogen) atoms. The van der Waals surface area contributed by atoms with Crippen molar-refractivity contribution in [3.05, 3.63) is 59.7 Å². The molecule has 0 radical (unpaired) electrons. The van der Waals surface area contributed by atoms with Crippen LogP contribution in [-0.4, -0.2) is 30.0 Å². The van der Waals surface area contributed by atoms with Crippen molar-refractivity contribution in [2.24, 2.45) is 0 Å². The van der Waals surface area contributed by atoms with Gasteiger partial charge in [0.2, 0.25) is 0 Å². The lowest BCUT2D eigenvalue weighted by Gasteiger charge is -2.19. The molecule has 0 aliphatic carbocycles. The first-order valence-corrected chi connectivity index (χ1v) is 8.87. The van der Waals surface area contributed by atoms with Crippen molar-refractivity contribution >= 4 is 23.5 Å². The molecule has 1 aliphatic heterocycles. The molecule has 1 unspecified atom stereocenters. The van der Waals surface area contributed by atoms with E-state index < -0.39 is 12.1 Å². The number of anilines is 1. The lowest BCUT2D eigenvalue weighted by molar-refractivity contribution is -0.155. The van der Waals surface area contributed by atoms with Gasteiger partial charge in [0.05, 0.1) is 22.9 Å². The molecule has 2 aromatic rings. The van der Waals surface area contributed by atoms with E-state index in [1.807, 2.05) is 6.92 Å². The zero-order valence-corrected chi connectivity index (χ0v) is 15.5. The van der Waals surface area contributed by atoms with Crippen LogP contribution in [-0.2, 0) is 9.53 Å². The van der Waals surface area contributed by atoms with Crippen LogP contribution >= 0.6 is 0 Å². The molecule has 0 fully saturated rings. The van der Waals surface area contributed by atoms with Gasteiger partial charge in [-0.3, -0.25) is 9.59 Å². The van der Waals surface area contributed by atoms with Gasteiger partial charge in [0.15, 0.2) is 6.10 Å². The van der Waals surface area contributed by atoms with E-state index in [0.717, 1.165) is 4.90 Å². The van der Waals surface area contributed by atoms with Gasteiger partial charge in [0.1, 0.15) is 5.75 Å². The molecule has 1 atom stereocenters. The van der Waals surface area contributed by atoms with Crippen molar-refractivity contribution in [1.29, 1.82) is 0 Å². The molecule has 2 amide bonds. The van der Waals surface area contributed by atoms with Gasteiger partial charge < -0.3 is 9.47 Å². The van der Waals surface area contributed by atoms with Crippen molar-refractivity contribution in [1.82, 2.24) is 0 Å².